The molecule has 0 saturated heterocycles. The molecule has 5 heteroatoms. The van der Waals surface area contributed by atoms with Gasteiger partial charge in [0.25, 0.3) is 5.91 Å². The van der Waals surface area contributed by atoms with Crippen LogP contribution in [0.2, 0.25) is 0 Å². The first-order chi connectivity index (χ1) is 12.1. The summed E-state index contributed by atoms with van der Waals surface area (Å²) in [5, 5.41) is 2.77. The molecule has 1 radical (unpaired) electrons. The summed E-state index contributed by atoms with van der Waals surface area (Å²) in [6.45, 7) is 0. The van der Waals surface area contributed by atoms with Crippen LogP contribution in [0.25, 0.3) is 0 Å². The molecule has 0 unspecified atom stereocenters. The molecule has 0 spiro atoms. The highest BCUT2D eigenvalue weighted by atomic mass is 16.2. The van der Waals surface area contributed by atoms with Gasteiger partial charge in [-0.2, -0.15) is 0 Å². The largest absolute Gasteiger partial charge is 0.364 e. The van der Waals surface area contributed by atoms with Crippen molar-refractivity contribution in [3.63, 3.8) is 0 Å². The Labute approximate surface area is 147 Å². The lowest BCUT2D eigenvalue weighted by Gasteiger charge is -2.18. The van der Waals surface area contributed by atoms with Crippen LogP contribution in [-0.4, -0.2) is 16.8 Å². The number of aryl methyl sites for hydroxylation is 3. The standard InChI is InChI=1S/C20H22N3O2/c21-20(25)19-17(13-15-10-4-5-11-16(15)23-19)22-18(24)12-6-9-14-7-2-1-3-8-14/h1-3,7-8,12-13H,4-6,9-11H2,(H2,21,25)(H,22,24). The van der Waals surface area contributed by atoms with Crippen molar-refractivity contribution < 1.29 is 9.59 Å². The molecule has 2 amide bonds. The number of rotatable bonds is 6. The molecule has 1 aromatic heterocycles. The van der Waals surface area contributed by atoms with Crippen molar-refractivity contribution in [2.24, 2.45) is 5.73 Å². The first kappa shape index (κ1) is 17.1. The van der Waals surface area contributed by atoms with Gasteiger partial charge in [-0.05, 0) is 55.7 Å². The third-order valence-corrected chi connectivity index (χ3v) is 4.40. The Bertz CT molecular complexity index is 772. The van der Waals surface area contributed by atoms with E-state index in [0.717, 1.165) is 43.4 Å². The van der Waals surface area contributed by atoms with E-state index in [-0.39, 0.29) is 11.6 Å². The number of carbonyl (C=O) groups excluding carboxylic acids is 2. The van der Waals surface area contributed by atoms with Gasteiger partial charge in [0, 0.05) is 5.69 Å². The monoisotopic (exact) mass is 336 g/mol. The molecule has 1 aliphatic carbocycles. The molecule has 129 valence electrons. The summed E-state index contributed by atoms with van der Waals surface area (Å²) < 4.78 is 0. The molecule has 0 aliphatic heterocycles. The summed E-state index contributed by atoms with van der Waals surface area (Å²) in [5.41, 5.74) is 9.19. The van der Waals surface area contributed by atoms with Gasteiger partial charge in [0.15, 0.2) is 5.69 Å². The van der Waals surface area contributed by atoms with Crippen LogP contribution in [0, 0.1) is 6.42 Å². The van der Waals surface area contributed by atoms with Crippen molar-refractivity contribution in [2.75, 3.05) is 5.32 Å². The van der Waals surface area contributed by atoms with Crippen LogP contribution in [0.4, 0.5) is 5.69 Å². The van der Waals surface area contributed by atoms with Gasteiger partial charge in [0.1, 0.15) is 0 Å². The molecule has 0 saturated carbocycles. The van der Waals surface area contributed by atoms with E-state index < -0.39 is 5.91 Å². The van der Waals surface area contributed by atoms with E-state index in [1.165, 1.54) is 5.56 Å². The summed E-state index contributed by atoms with van der Waals surface area (Å²) in [6.07, 6.45) is 6.95. The van der Waals surface area contributed by atoms with Crippen molar-refractivity contribution in [1.82, 2.24) is 4.98 Å². The van der Waals surface area contributed by atoms with E-state index in [1.54, 1.807) is 6.42 Å². The number of fused-ring (bicyclic) bond motifs is 1. The predicted octanol–water partition coefficient (Wildman–Crippen LogP) is 2.83. The highest BCUT2D eigenvalue weighted by Crippen LogP contribution is 2.25. The van der Waals surface area contributed by atoms with Crippen LogP contribution in [0.5, 0.6) is 0 Å². The third-order valence-electron chi connectivity index (χ3n) is 4.40. The zero-order chi connectivity index (χ0) is 17.6. The molecule has 25 heavy (non-hydrogen) atoms. The molecule has 0 bridgehead atoms. The van der Waals surface area contributed by atoms with Crippen molar-refractivity contribution in [2.45, 2.75) is 38.5 Å². The number of nitrogens with one attached hydrogen (secondary N) is 1. The van der Waals surface area contributed by atoms with Crippen LogP contribution in [-0.2, 0) is 24.1 Å². The topological polar surface area (TPSA) is 85.1 Å². The molecule has 0 atom stereocenters. The van der Waals surface area contributed by atoms with Crippen LogP contribution in [0.3, 0.4) is 0 Å². The number of amides is 2. The van der Waals surface area contributed by atoms with E-state index in [2.05, 4.69) is 10.3 Å². The van der Waals surface area contributed by atoms with E-state index in [9.17, 15) is 9.59 Å². The fourth-order valence-electron chi connectivity index (χ4n) is 3.12. The van der Waals surface area contributed by atoms with Crippen molar-refractivity contribution in [3.8, 4) is 0 Å². The fourth-order valence-corrected chi connectivity index (χ4v) is 3.12. The first-order valence-electron chi connectivity index (χ1n) is 8.64. The van der Waals surface area contributed by atoms with Crippen molar-refractivity contribution in [1.29, 1.82) is 0 Å². The zero-order valence-electron chi connectivity index (χ0n) is 14.1. The van der Waals surface area contributed by atoms with Gasteiger partial charge in [-0.25, -0.2) is 4.98 Å². The number of hydrogen-bond acceptors (Lipinski definition) is 3. The van der Waals surface area contributed by atoms with Crippen LogP contribution in [0.1, 0.15) is 46.6 Å². The summed E-state index contributed by atoms with van der Waals surface area (Å²) in [6, 6.07) is 11.8. The van der Waals surface area contributed by atoms with E-state index in [1.807, 2.05) is 36.4 Å². The smallest absolute Gasteiger partial charge is 0.269 e. The van der Waals surface area contributed by atoms with Crippen LogP contribution in [0.15, 0.2) is 36.4 Å². The number of benzene rings is 1. The van der Waals surface area contributed by atoms with Gasteiger partial charge < -0.3 is 11.1 Å². The normalized spacial score (nSPS) is 13.1. The van der Waals surface area contributed by atoms with Gasteiger partial charge >= 0.3 is 0 Å². The Morgan fingerprint density at radius 3 is 2.68 bits per heavy atom. The highest BCUT2D eigenvalue weighted by Gasteiger charge is 2.19. The minimum atomic E-state index is -0.618. The molecular formula is C20H22N3O2. The molecule has 3 N–H and O–H groups in total. The van der Waals surface area contributed by atoms with Gasteiger partial charge in [-0.3, -0.25) is 9.59 Å². The molecule has 1 heterocycles. The van der Waals surface area contributed by atoms with E-state index in [4.69, 9.17) is 5.73 Å². The lowest BCUT2D eigenvalue weighted by atomic mass is 9.95. The number of hydrogen-bond donors (Lipinski definition) is 2. The van der Waals surface area contributed by atoms with E-state index in [0.29, 0.717) is 12.1 Å². The second-order valence-electron chi connectivity index (χ2n) is 6.28. The molecule has 5 nitrogen and oxygen atoms in total. The summed E-state index contributed by atoms with van der Waals surface area (Å²) in [4.78, 5) is 28.3. The lowest BCUT2D eigenvalue weighted by Crippen LogP contribution is -2.22. The molecule has 0 fully saturated rings. The zero-order valence-corrected chi connectivity index (χ0v) is 14.1. The average Bonchev–Trinajstić information content (AvgIpc) is 2.62. The van der Waals surface area contributed by atoms with Gasteiger partial charge in [-0.1, -0.05) is 30.3 Å². The van der Waals surface area contributed by atoms with Crippen LogP contribution < -0.4 is 11.1 Å². The Morgan fingerprint density at radius 2 is 1.92 bits per heavy atom. The average molecular weight is 336 g/mol. The Hall–Kier alpha value is -2.69. The second-order valence-corrected chi connectivity index (χ2v) is 6.28. The van der Waals surface area contributed by atoms with Crippen LogP contribution >= 0.6 is 0 Å². The Morgan fingerprint density at radius 1 is 1.16 bits per heavy atom. The first-order valence-corrected chi connectivity index (χ1v) is 8.64. The molecular weight excluding hydrogens is 314 g/mol. The summed E-state index contributed by atoms with van der Waals surface area (Å²) >= 11 is 0. The number of primary amides is 1. The maximum absolute atomic E-state index is 12.2. The molecule has 3 rings (SSSR count). The number of carbonyl (C=O) groups is 2. The number of anilines is 1. The summed E-state index contributed by atoms with van der Waals surface area (Å²) in [7, 11) is 0. The quantitative estimate of drug-likeness (QED) is 0.850. The molecule has 1 aliphatic rings. The second kappa shape index (κ2) is 7.92. The number of aromatic nitrogens is 1. The number of pyridine rings is 1. The van der Waals surface area contributed by atoms with E-state index >= 15 is 0 Å². The SMILES string of the molecule is NC(=O)c1nc2c(cc1NC(=O)[CH]CCc1ccccc1)CCCC2. The number of nitrogens with two attached hydrogens (primary N) is 1. The minimum Gasteiger partial charge on any atom is -0.364 e. The molecule has 2 aromatic rings. The van der Waals surface area contributed by atoms with Crippen molar-refractivity contribution in [3.05, 3.63) is 65.3 Å². The Balaban J connectivity index is 1.64. The highest BCUT2D eigenvalue weighted by molar-refractivity contribution is 6.04. The van der Waals surface area contributed by atoms with Gasteiger partial charge in [0.2, 0.25) is 5.91 Å². The minimum absolute atomic E-state index is 0.144. The van der Waals surface area contributed by atoms with Gasteiger partial charge in [-0.15, -0.1) is 0 Å². The summed E-state index contributed by atoms with van der Waals surface area (Å²) in [5.74, 6) is -0.857. The maximum Gasteiger partial charge on any atom is 0.269 e. The molecule has 1 aromatic carbocycles. The van der Waals surface area contributed by atoms with Crippen molar-refractivity contribution >= 4 is 17.5 Å². The van der Waals surface area contributed by atoms with Gasteiger partial charge in [0.05, 0.1) is 12.1 Å². The Kier molecular flexibility index (Phi) is 5.43. The fraction of sp³-hybridized carbons (Fsp3) is 0.300. The predicted molar refractivity (Wildman–Crippen MR) is 97.1 cm³/mol. The maximum atomic E-state index is 12.2. The number of nitrogens with zero attached hydrogens (tertiary/aromatic N) is 1. The third kappa shape index (κ3) is 4.44. The lowest BCUT2D eigenvalue weighted by molar-refractivity contribution is -0.113.